The first-order valence-electron chi connectivity index (χ1n) is 10.9. The van der Waals surface area contributed by atoms with Crippen molar-refractivity contribution in [3.63, 3.8) is 0 Å². The summed E-state index contributed by atoms with van der Waals surface area (Å²) in [5, 5.41) is 14.3. The molecule has 0 fully saturated rings. The molecule has 3 rings (SSSR count). The Kier molecular flexibility index (Phi) is 7.71. The highest BCUT2D eigenvalue weighted by Gasteiger charge is 2.31. The van der Waals surface area contributed by atoms with E-state index in [1.54, 1.807) is 13.8 Å². The Hall–Kier alpha value is -3.39. The summed E-state index contributed by atoms with van der Waals surface area (Å²) in [6.45, 7) is 6.15. The fourth-order valence-electron chi connectivity index (χ4n) is 3.98. The molecule has 0 aromatic heterocycles. The first-order valence-corrected chi connectivity index (χ1v) is 10.9. The summed E-state index contributed by atoms with van der Waals surface area (Å²) in [4.78, 5) is 36.5. The summed E-state index contributed by atoms with van der Waals surface area (Å²) in [5.41, 5.74) is 3.59. The van der Waals surface area contributed by atoms with Crippen LogP contribution >= 0.6 is 0 Å². The van der Waals surface area contributed by atoms with Gasteiger partial charge in [-0.2, -0.15) is 0 Å². The highest BCUT2D eigenvalue weighted by molar-refractivity contribution is 5.89. The monoisotopic (exact) mass is 454 g/mol. The van der Waals surface area contributed by atoms with Crippen LogP contribution in [0.15, 0.2) is 48.5 Å². The van der Waals surface area contributed by atoms with Gasteiger partial charge in [-0.3, -0.25) is 9.59 Å². The maximum atomic E-state index is 12.7. The highest BCUT2D eigenvalue weighted by atomic mass is 16.5. The number of hydrogen-bond acceptors (Lipinski definition) is 5. The number of carboxylic acid groups (broad SMARTS) is 1. The van der Waals surface area contributed by atoms with E-state index in [4.69, 9.17) is 9.47 Å². The van der Waals surface area contributed by atoms with Gasteiger partial charge in [0.25, 0.3) is 0 Å². The van der Waals surface area contributed by atoms with Crippen molar-refractivity contribution in [2.45, 2.75) is 44.7 Å². The lowest BCUT2D eigenvalue weighted by Crippen LogP contribution is -2.55. The molecule has 3 N–H and O–H groups in total. The molecule has 176 valence electrons. The van der Waals surface area contributed by atoms with E-state index in [9.17, 15) is 19.5 Å². The molecule has 1 unspecified atom stereocenters. The Balaban J connectivity index is 1.65. The normalized spacial score (nSPS) is 13.5. The van der Waals surface area contributed by atoms with Crippen molar-refractivity contribution in [1.29, 1.82) is 0 Å². The second-order valence-corrected chi connectivity index (χ2v) is 8.63. The van der Waals surface area contributed by atoms with E-state index < -0.39 is 36.0 Å². The molecule has 0 spiro atoms. The second-order valence-electron chi connectivity index (χ2n) is 8.63. The zero-order valence-corrected chi connectivity index (χ0v) is 19.1. The Bertz CT molecular complexity index is 974. The first kappa shape index (κ1) is 24.3. The van der Waals surface area contributed by atoms with Crippen LogP contribution in [0.3, 0.4) is 0 Å². The van der Waals surface area contributed by atoms with E-state index in [2.05, 4.69) is 10.6 Å². The van der Waals surface area contributed by atoms with Crippen LogP contribution in [-0.2, 0) is 19.1 Å². The van der Waals surface area contributed by atoms with Gasteiger partial charge in [0.05, 0.1) is 18.6 Å². The summed E-state index contributed by atoms with van der Waals surface area (Å²) in [6, 6.07) is 14.6. The summed E-state index contributed by atoms with van der Waals surface area (Å²) in [5.74, 6) is -1.97. The van der Waals surface area contributed by atoms with Gasteiger partial charge in [0, 0.05) is 12.5 Å². The molecule has 2 aromatic rings. The molecular weight excluding hydrogens is 424 g/mol. The van der Waals surface area contributed by atoms with E-state index in [1.807, 2.05) is 55.5 Å². The van der Waals surface area contributed by atoms with Gasteiger partial charge in [0.1, 0.15) is 12.6 Å². The van der Waals surface area contributed by atoms with Crippen molar-refractivity contribution in [2.75, 3.05) is 19.8 Å². The molecule has 33 heavy (non-hydrogen) atoms. The van der Waals surface area contributed by atoms with E-state index in [-0.39, 0.29) is 19.1 Å². The maximum Gasteiger partial charge on any atom is 0.407 e. The average Bonchev–Trinajstić information content (AvgIpc) is 3.09. The average molecular weight is 455 g/mol. The molecule has 0 saturated heterocycles. The number of aliphatic carboxylic acids is 1. The lowest BCUT2D eigenvalue weighted by atomic mass is 9.98. The Morgan fingerprint density at radius 3 is 2.15 bits per heavy atom. The third-order valence-electron chi connectivity index (χ3n) is 5.46. The number of nitrogens with one attached hydrogen (secondary N) is 2. The number of hydrogen-bond donors (Lipinski definition) is 3. The number of carboxylic acids is 1. The number of carbonyl (C=O) groups is 3. The largest absolute Gasteiger partial charge is 0.481 e. The van der Waals surface area contributed by atoms with Crippen LogP contribution in [0.2, 0.25) is 0 Å². The van der Waals surface area contributed by atoms with Crippen LogP contribution in [0, 0.1) is 0 Å². The predicted molar refractivity (Wildman–Crippen MR) is 123 cm³/mol. The standard InChI is InChI=1S/C25H30N2O6/c1-4-32-15-25(2,3)27-23(30)21(13-22(28)29)26-24(31)33-14-20-18-11-7-5-9-16(18)17-10-6-8-12-19(17)20/h5-12,20-21H,4,13-15H2,1-3H3,(H,26,31)(H,27,30)(H,28,29). The number of ether oxygens (including phenoxy) is 2. The third-order valence-corrected chi connectivity index (χ3v) is 5.46. The van der Waals surface area contributed by atoms with E-state index in [1.165, 1.54) is 0 Å². The molecule has 0 radical (unpaired) electrons. The molecular formula is C25H30N2O6. The van der Waals surface area contributed by atoms with Crippen molar-refractivity contribution in [3.8, 4) is 11.1 Å². The number of fused-ring (bicyclic) bond motifs is 3. The summed E-state index contributed by atoms with van der Waals surface area (Å²) >= 11 is 0. The van der Waals surface area contributed by atoms with Gasteiger partial charge in [-0.1, -0.05) is 48.5 Å². The highest BCUT2D eigenvalue weighted by Crippen LogP contribution is 2.44. The van der Waals surface area contributed by atoms with Gasteiger partial charge in [0.2, 0.25) is 5.91 Å². The van der Waals surface area contributed by atoms with Crippen LogP contribution in [0.25, 0.3) is 11.1 Å². The van der Waals surface area contributed by atoms with Crippen LogP contribution in [-0.4, -0.2) is 54.5 Å². The quantitative estimate of drug-likeness (QED) is 0.508. The van der Waals surface area contributed by atoms with Crippen LogP contribution < -0.4 is 10.6 Å². The molecule has 1 aliphatic rings. The fourth-order valence-corrected chi connectivity index (χ4v) is 3.98. The van der Waals surface area contributed by atoms with E-state index >= 15 is 0 Å². The minimum absolute atomic E-state index is 0.0666. The molecule has 8 heteroatoms. The summed E-state index contributed by atoms with van der Waals surface area (Å²) < 4.78 is 10.8. The number of alkyl carbamates (subject to hydrolysis) is 1. The fraction of sp³-hybridized carbons (Fsp3) is 0.400. The minimum atomic E-state index is -1.28. The Morgan fingerprint density at radius 1 is 1.03 bits per heavy atom. The molecule has 2 amide bonds. The van der Waals surface area contributed by atoms with Crippen molar-refractivity contribution < 1.29 is 29.0 Å². The number of benzene rings is 2. The SMILES string of the molecule is CCOCC(C)(C)NC(=O)C(CC(=O)O)NC(=O)OCC1c2ccccc2-c2ccccc21. The molecule has 1 atom stereocenters. The molecule has 0 bridgehead atoms. The zero-order chi connectivity index (χ0) is 24.0. The van der Waals surface area contributed by atoms with Gasteiger partial charge in [-0.05, 0) is 43.0 Å². The second kappa shape index (κ2) is 10.5. The van der Waals surface area contributed by atoms with Crippen LogP contribution in [0.4, 0.5) is 4.79 Å². The van der Waals surface area contributed by atoms with Gasteiger partial charge in [-0.15, -0.1) is 0 Å². The molecule has 0 heterocycles. The molecule has 8 nitrogen and oxygen atoms in total. The smallest absolute Gasteiger partial charge is 0.407 e. The van der Waals surface area contributed by atoms with E-state index in [0.717, 1.165) is 22.3 Å². The van der Waals surface area contributed by atoms with Gasteiger partial charge in [0.15, 0.2) is 0 Å². The van der Waals surface area contributed by atoms with Crippen molar-refractivity contribution >= 4 is 18.0 Å². The summed E-state index contributed by atoms with van der Waals surface area (Å²) in [6.07, 6.45) is -1.42. The van der Waals surface area contributed by atoms with Crippen LogP contribution in [0.5, 0.6) is 0 Å². The van der Waals surface area contributed by atoms with Crippen molar-refractivity contribution in [1.82, 2.24) is 10.6 Å². The third kappa shape index (κ3) is 6.10. The molecule has 1 aliphatic carbocycles. The number of rotatable bonds is 10. The van der Waals surface area contributed by atoms with Gasteiger partial charge >= 0.3 is 12.1 Å². The lowest BCUT2D eigenvalue weighted by molar-refractivity contribution is -0.140. The number of carbonyl (C=O) groups excluding carboxylic acids is 2. The van der Waals surface area contributed by atoms with Crippen molar-refractivity contribution in [3.05, 3.63) is 59.7 Å². The summed E-state index contributed by atoms with van der Waals surface area (Å²) in [7, 11) is 0. The Morgan fingerprint density at radius 2 is 1.61 bits per heavy atom. The predicted octanol–water partition coefficient (Wildman–Crippen LogP) is 3.30. The van der Waals surface area contributed by atoms with Crippen molar-refractivity contribution in [2.24, 2.45) is 0 Å². The molecule has 0 aliphatic heterocycles. The Labute approximate surface area is 193 Å². The lowest BCUT2D eigenvalue weighted by Gasteiger charge is -2.28. The molecule has 2 aromatic carbocycles. The topological polar surface area (TPSA) is 114 Å². The van der Waals surface area contributed by atoms with E-state index in [0.29, 0.717) is 6.61 Å². The molecule has 0 saturated carbocycles. The van der Waals surface area contributed by atoms with Crippen LogP contribution in [0.1, 0.15) is 44.2 Å². The minimum Gasteiger partial charge on any atom is -0.481 e. The first-order chi connectivity index (χ1) is 15.7. The zero-order valence-electron chi connectivity index (χ0n) is 19.1. The van der Waals surface area contributed by atoms with Gasteiger partial charge in [-0.25, -0.2) is 4.79 Å². The maximum absolute atomic E-state index is 12.7. The number of amides is 2. The van der Waals surface area contributed by atoms with Gasteiger partial charge < -0.3 is 25.2 Å².